The van der Waals surface area contributed by atoms with Crippen LogP contribution in [0.3, 0.4) is 0 Å². The van der Waals surface area contributed by atoms with Crippen molar-refractivity contribution in [2.24, 2.45) is 5.10 Å². The largest absolute Gasteiger partial charge is 0.479 e. The Kier molecular flexibility index (Phi) is 6.92. The van der Waals surface area contributed by atoms with E-state index in [-0.39, 0.29) is 30.9 Å². The number of nitrogens with one attached hydrogen (secondary N) is 2. The molecule has 2 atom stereocenters. The first-order valence-corrected chi connectivity index (χ1v) is 9.64. The molecule has 0 aromatic heterocycles. The minimum atomic E-state index is -1.60. The Morgan fingerprint density at radius 3 is 2.30 bits per heavy atom. The average Bonchev–Trinajstić information content (AvgIpc) is 2.75. The Labute approximate surface area is 173 Å². The normalized spacial score (nSPS) is 15.5. The number of carbonyl (C=O) groups excluding carboxylic acids is 2. The molecule has 0 bridgehead atoms. The van der Waals surface area contributed by atoms with Crippen LogP contribution in [-0.4, -0.2) is 45.9 Å². The van der Waals surface area contributed by atoms with Gasteiger partial charge in [-0.05, 0) is 23.1 Å². The molecule has 1 aliphatic rings. The molecule has 8 nitrogen and oxygen atoms in total. The smallest absolute Gasteiger partial charge is 0.332 e. The molecule has 2 aromatic carbocycles. The van der Waals surface area contributed by atoms with Crippen molar-refractivity contribution in [3.05, 3.63) is 60.2 Å². The number of benzene rings is 2. The Bertz CT molecular complexity index is 941. The van der Waals surface area contributed by atoms with Gasteiger partial charge in [-0.1, -0.05) is 54.6 Å². The van der Waals surface area contributed by atoms with E-state index in [0.717, 1.165) is 16.7 Å². The molecular formula is C22H23N3O5. The predicted molar refractivity (Wildman–Crippen MR) is 111 cm³/mol. The number of hydrogen-bond acceptors (Lipinski definition) is 5. The maximum absolute atomic E-state index is 12.5. The van der Waals surface area contributed by atoms with Gasteiger partial charge in [0, 0.05) is 25.3 Å². The van der Waals surface area contributed by atoms with Crippen molar-refractivity contribution >= 4 is 23.5 Å². The molecule has 1 aliphatic heterocycles. The summed E-state index contributed by atoms with van der Waals surface area (Å²) >= 11 is 0. The van der Waals surface area contributed by atoms with Crippen molar-refractivity contribution in [2.45, 2.75) is 37.8 Å². The fourth-order valence-electron chi connectivity index (χ4n) is 3.22. The third-order valence-electron chi connectivity index (χ3n) is 4.84. The first-order chi connectivity index (χ1) is 14.4. The third-order valence-corrected chi connectivity index (χ3v) is 4.84. The summed E-state index contributed by atoms with van der Waals surface area (Å²) in [5.74, 6) is -2.10. The number of aliphatic hydroxyl groups excluding tert-OH is 1. The van der Waals surface area contributed by atoms with E-state index in [2.05, 4.69) is 15.8 Å². The molecule has 3 rings (SSSR count). The van der Waals surface area contributed by atoms with Gasteiger partial charge in [-0.25, -0.2) is 10.2 Å². The average molecular weight is 409 g/mol. The Hall–Kier alpha value is -3.52. The summed E-state index contributed by atoms with van der Waals surface area (Å²) in [5, 5.41) is 25.3. The van der Waals surface area contributed by atoms with E-state index in [1.54, 1.807) is 0 Å². The van der Waals surface area contributed by atoms with Gasteiger partial charge in [-0.2, -0.15) is 5.10 Å². The number of rotatable bonds is 8. The van der Waals surface area contributed by atoms with Crippen LogP contribution >= 0.6 is 0 Å². The van der Waals surface area contributed by atoms with Gasteiger partial charge < -0.3 is 15.5 Å². The summed E-state index contributed by atoms with van der Waals surface area (Å²) < 4.78 is 0. The zero-order valence-electron chi connectivity index (χ0n) is 16.2. The molecule has 30 heavy (non-hydrogen) atoms. The molecular weight excluding hydrogens is 386 g/mol. The highest BCUT2D eigenvalue weighted by Crippen LogP contribution is 2.20. The number of carboxylic acids is 1. The Morgan fingerprint density at radius 2 is 1.70 bits per heavy atom. The molecule has 0 fully saturated rings. The first kappa shape index (κ1) is 21.2. The van der Waals surface area contributed by atoms with Crippen LogP contribution in [0.5, 0.6) is 0 Å². The highest BCUT2D eigenvalue weighted by molar-refractivity contribution is 6.39. The van der Waals surface area contributed by atoms with Crippen molar-refractivity contribution in [3.63, 3.8) is 0 Å². The number of nitrogens with zero attached hydrogens (tertiary/aromatic N) is 1. The molecule has 0 saturated carbocycles. The van der Waals surface area contributed by atoms with E-state index < -0.39 is 24.0 Å². The molecule has 156 valence electrons. The number of hydrazone groups is 1. The SMILES string of the molecule is O=C1CCC(C(=O)NC(Cc2ccc(-c3ccccc3)cc2)C[C@@H](O)C(=O)O)=NN1. The van der Waals surface area contributed by atoms with Crippen LogP contribution < -0.4 is 10.7 Å². The van der Waals surface area contributed by atoms with Crippen LogP contribution in [0.4, 0.5) is 0 Å². The van der Waals surface area contributed by atoms with E-state index in [1.165, 1.54) is 0 Å². The van der Waals surface area contributed by atoms with Crippen LogP contribution in [0.1, 0.15) is 24.8 Å². The second-order valence-corrected chi connectivity index (χ2v) is 7.12. The van der Waals surface area contributed by atoms with Crippen molar-refractivity contribution in [1.29, 1.82) is 0 Å². The zero-order chi connectivity index (χ0) is 21.5. The number of carboxylic acid groups (broad SMARTS) is 1. The van der Waals surface area contributed by atoms with Crippen LogP contribution in [0.25, 0.3) is 11.1 Å². The Balaban J connectivity index is 1.71. The number of aliphatic carboxylic acids is 1. The maximum atomic E-state index is 12.5. The molecule has 8 heteroatoms. The van der Waals surface area contributed by atoms with Gasteiger partial charge in [0.1, 0.15) is 5.71 Å². The van der Waals surface area contributed by atoms with Crippen molar-refractivity contribution in [1.82, 2.24) is 10.7 Å². The van der Waals surface area contributed by atoms with Gasteiger partial charge in [0.25, 0.3) is 5.91 Å². The third kappa shape index (κ3) is 5.74. The van der Waals surface area contributed by atoms with Gasteiger partial charge in [0.15, 0.2) is 6.10 Å². The second kappa shape index (κ2) is 9.80. The summed E-state index contributed by atoms with van der Waals surface area (Å²) in [6.45, 7) is 0. The fraction of sp³-hybridized carbons (Fsp3) is 0.273. The zero-order valence-corrected chi connectivity index (χ0v) is 16.2. The maximum Gasteiger partial charge on any atom is 0.332 e. The topological polar surface area (TPSA) is 128 Å². The Morgan fingerprint density at radius 1 is 1.03 bits per heavy atom. The summed E-state index contributed by atoms with van der Waals surface area (Å²) in [5.41, 5.74) is 5.43. The molecule has 0 saturated heterocycles. The number of amides is 2. The quantitative estimate of drug-likeness (QED) is 0.525. The van der Waals surface area contributed by atoms with Crippen LogP contribution in [0, 0.1) is 0 Å². The van der Waals surface area contributed by atoms with Crippen LogP contribution in [-0.2, 0) is 20.8 Å². The van der Waals surface area contributed by atoms with Crippen LogP contribution in [0.15, 0.2) is 59.7 Å². The fourth-order valence-corrected chi connectivity index (χ4v) is 3.22. The van der Waals surface area contributed by atoms with E-state index in [1.807, 2.05) is 54.6 Å². The predicted octanol–water partition coefficient (Wildman–Crippen LogP) is 1.48. The molecule has 2 amide bonds. The minimum Gasteiger partial charge on any atom is -0.479 e. The lowest BCUT2D eigenvalue weighted by Gasteiger charge is -2.21. The van der Waals surface area contributed by atoms with Gasteiger partial charge in [0.05, 0.1) is 0 Å². The number of aliphatic hydroxyl groups is 1. The van der Waals surface area contributed by atoms with Gasteiger partial charge >= 0.3 is 5.97 Å². The molecule has 1 heterocycles. The molecule has 1 unspecified atom stereocenters. The lowest BCUT2D eigenvalue weighted by Crippen LogP contribution is -2.45. The van der Waals surface area contributed by atoms with Gasteiger partial charge in [-0.15, -0.1) is 0 Å². The lowest BCUT2D eigenvalue weighted by atomic mass is 9.97. The molecule has 0 radical (unpaired) electrons. The van der Waals surface area contributed by atoms with Crippen LogP contribution in [0.2, 0.25) is 0 Å². The second-order valence-electron chi connectivity index (χ2n) is 7.12. The number of hydrogen-bond donors (Lipinski definition) is 4. The molecule has 2 aromatic rings. The monoisotopic (exact) mass is 409 g/mol. The molecule has 0 aliphatic carbocycles. The minimum absolute atomic E-state index is 0.152. The van der Waals surface area contributed by atoms with Crippen molar-refractivity contribution < 1.29 is 24.6 Å². The standard InChI is InChI=1S/C22H23N3O5/c26-19(22(29)30)13-17(23-21(28)18-10-11-20(27)25-24-18)12-14-6-8-16(9-7-14)15-4-2-1-3-5-15/h1-9,17,19,26H,10-13H2,(H,23,28)(H,25,27)(H,29,30)/t17?,19-/m1/s1. The first-order valence-electron chi connectivity index (χ1n) is 9.64. The van der Waals surface area contributed by atoms with E-state index in [9.17, 15) is 19.5 Å². The lowest BCUT2D eigenvalue weighted by molar-refractivity contribution is -0.147. The summed E-state index contributed by atoms with van der Waals surface area (Å²) in [4.78, 5) is 34.7. The molecule has 0 spiro atoms. The van der Waals surface area contributed by atoms with Gasteiger partial charge in [-0.3, -0.25) is 9.59 Å². The van der Waals surface area contributed by atoms with E-state index >= 15 is 0 Å². The molecule has 4 N–H and O–H groups in total. The van der Waals surface area contributed by atoms with Crippen molar-refractivity contribution in [2.75, 3.05) is 0 Å². The van der Waals surface area contributed by atoms with E-state index in [4.69, 9.17) is 5.11 Å². The van der Waals surface area contributed by atoms with Crippen molar-refractivity contribution in [3.8, 4) is 11.1 Å². The highest BCUT2D eigenvalue weighted by Gasteiger charge is 2.25. The highest BCUT2D eigenvalue weighted by atomic mass is 16.4. The summed E-state index contributed by atoms with van der Waals surface area (Å²) in [7, 11) is 0. The van der Waals surface area contributed by atoms with E-state index in [0.29, 0.717) is 6.42 Å². The van der Waals surface area contributed by atoms with Gasteiger partial charge in [0.2, 0.25) is 5.91 Å². The number of carbonyl (C=O) groups is 3. The summed E-state index contributed by atoms with van der Waals surface area (Å²) in [6, 6.07) is 17.0. The summed E-state index contributed by atoms with van der Waals surface area (Å²) in [6.07, 6.45) is -1.05.